The summed E-state index contributed by atoms with van der Waals surface area (Å²) >= 11 is 1.30. The lowest BCUT2D eigenvalue weighted by atomic mass is 9.96. The smallest absolute Gasteiger partial charge is 0.252 e. The number of benzene rings is 1. The van der Waals surface area contributed by atoms with Gasteiger partial charge in [-0.2, -0.15) is 0 Å². The number of thiazole rings is 1. The highest BCUT2D eigenvalue weighted by atomic mass is 32.1. The van der Waals surface area contributed by atoms with E-state index in [1.54, 1.807) is 0 Å². The first kappa shape index (κ1) is 16.0. The second-order valence-electron chi connectivity index (χ2n) is 6.74. The number of fused-ring (bicyclic) bond motifs is 1. The number of nitrogens with zero attached hydrogens (tertiary/aromatic N) is 1. The molecule has 0 bridgehead atoms. The molecule has 2 aliphatic rings. The molecule has 4 N–H and O–H groups in total. The first-order chi connectivity index (χ1) is 11.6. The largest absolute Gasteiger partial charge is 0.383 e. The van der Waals surface area contributed by atoms with Crippen molar-refractivity contribution in [3.05, 3.63) is 29.3 Å². The molecule has 1 saturated carbocycles. The molecule has 1 aromatic heterocycles. The van der Waals surface area contributed by atoms with Crippen molar-refractivity contribution in [3.63, 3.8) is 0 Å². The van der Waals surface area contributed by atoms with Gasteiger partial charge in [-0.3, -0.25) is 4.79 Å². The zero-order chi connectivity index (χ0) is 16.7. The lowest BCUT2D eigenvalue weighted by Gasteiger charge is -2.26. The van der Waals surface area contributed by atoms with Crippen LogP contribution < -0.4 is 10.6 Å². The summed E-state index contributed by atoms with van der Waals surface area (Å²) in [7, 11) is 0. The van der Waals surface area contributed by atoms with E-state index in [-0.39, 0.29) is 5.54 Å². The SMILES string of the molecule is O=C(NC1(C2CCNC2)CC1)C(O)C(O)c1nc2ccccc2s1. The second kappa shape index (κ2) is 6.07. The summed E-state index contributed by atoms with van der Waals surface area (Å²) in [5, 5.41) is 27.3. The van der Waals surface area contributed by atoms with E-state index in [4.69, 9.17) is 0 Å². The van der Waals surface area contributed by atoms with Gasteiger partial charge in [0.1, 0.15) is 11.1 Å². The van der Waals surface area contributed by atoms with Crippen molar-refractivity contribution in [2.45, 2.75) is 37.0 Å². The van der Waals surface area contributed by atoms with Gasteiger partial charge < -0.3 is 20.8 Å². The molecule has 7 heteroatoms. The van der Waals surface area contributed by atoms with Gasteiger partial charge in [0.25, 0.3) is 5.91 Å². The predicted molar refractivity (Wildman–Crippen MR) is 91.7 cm³/mol. The molecule has 0 spiro atoms. The average molecular weight is 347 g/mol. The second-order valence-corrected chi connectivity index (χ2v) is 7.81. The van der Waals surface area contributed by atoms with Gasteiger partial charge in [-0.05, 0) is 43.9 Å². The first-order valence-corrected chi connectivity index (χ1v) is 9.15. The molecule has 2 fully saturated rings. The lowest BCUT2D eigenvalue weighted by molar-refractivity contribution is -0.136. The molecule has 2 heterocycles. The maximum Gasteiger partial charge on any atom is 0.252 e. The quantitative estimate of drug-likeness (QED) is 0.646. The van der Waals surface area contributed by atoms with Crippen LogP contribution in [-0.2, 0) is 4.79 Å². The number of para-hydroxylation sites is 1. The third kappa shape index (κ3) is 2.82. The first-order valence-electron chi connectivity index (χ1n) is 8.33. The van der Waals surface area contributed by atoms with Crippen molar-refractivity contribution in [2.24, 2.45) is 5.92 Å². The predicted octanol–water partition coefficient (Wildman–Crippen LogP) is 0.949. The monoisotopic (exact) mass is 347 g/mol. The van der Waals surface area contributed by atoms with Crippen molar-refractivity contribution in [1.82, 2.24) is 15.6 Å². The molecule has 1 aliphatic carbocycles. The van der Waals surface area contributed by atoms with E-state index < -0.39 is 18.1 Å². The van der Waals surface area contributed by atoms with E-state index in [1.807, 2.05) is 24.3 Å². The van der Waals surface area contributed by atoms with Crippen LogP contribution in [0.4, 0.5) is 0 Å². The van der Waals surface area contributed by atoms with Gasteiger partial charge in [0.2, 0.25) is 0 Å². The van der Waals surface area contributed by atoms with Crippen molar-refractivity contribution < 1.29 is 15.0 Å². The van der Waals surface area contributed by atoms with Crippen LogP contribution in [-0.4, -0.2) is 45.8 Å². The Morgan fingerprint density at radius 1 is 1.38 bits per heavy atom. The van der Waals surface area contributed by atoms with Crippen LogP contribution in [0.5, 0.6) is 0 Å². The topological polar surface area (TPSA) is 94.5 Å². The molecule has 4 rings (SSSR count). The molecule has 2 aromatic rings. The standard InChI is InChI=1S/C17H21N3O3S/c21-13(14(22)16-19-11-3-1-2-4-12(11)24-16)15(23)20-17(6-7-17)10-5-8-18-9-10/h1-4,10,13-14,18,21-22H,5-9H2,(H,20,23). The Morgan fingerprint density at radius 2 is 2.17 bits per heavy atom. The number of aliphatic hydroxyl groups is 2. The minimum Gasteiger partial charge on any atom is -0.383 e. The van der Waals surface area contributed by atoms with Crippen molar-refractivity contribution in [3.8, 4) is 0 Å². The fraction of sp³-hybridized carbons (Fsp3) is 0.529. The van der Waals surface area contributed by atoms with E-state index >= 15 is 0 Å². The summed E-state index contributed by atoms with van der Waals surface area (Å²) in [4.78, 5) is 16.7. The Balaban J connectivity index is 1.46. The maximum atomic E-state index is 12.4. The van der Waals surface area contributed by atoms with Gasteiger partial charge in [-0.25, -0.2) is 4.98 Å². The fourth-order valence-corrected chi connectivity index (χ4v) is 4.49. The van der Waals surface area contributed by atoms with Crippen LogP contribution in [0.25, 0.3) is 10.2 Å². The number of hydrogen-bond donors (Lipinski definition) is 4. The molecule has 3 unspecified atom stereocenters. The summed E-state index contributed by atoms with van der Waals surface area (Å²) < 4.78 is 0.926. The molecular weight excluding hydrogens is 326 g/mol. The highest BCUT2D eigenvalue weighted by Gasteiger charge is 2.51. The molecule has 3 atom stereocenters. The highest BCUT2D eigenvalue weighted by Crippen LogP contribution is 2.45. The molecule has 24 heavy (non-hydrogen) atoms. The summed E-state index contributed by atoms with van der Waals surface area (Å²) in [5.41, 5.74) is 0.564. The van der Waals surface area contributed by atoms with Crippen LogP contribution >= 0.6 is 11.3 Å². The molecule has 1 aromatic carbocycles. The van der Waals surface area contributed by atoms with E-state index in [0.717, 1.165) is 42.6 Å². The Bertz CT molecular complexity index is 719. The molecule has 0 radical (unpaired) electrons. The average Bonchev–Trinajstić information content (AvgIpc) is 3.05. The number of carbonyl (C=O) groups is 1. The molecule has 6 nitrogen and oxygen atoms in total. The number of aliphatic hydroxyl groups excluding tert-OH is 2. The highest BCUT2D eigenvalue weighted by molar-refractivity contribution is 7.18. The number of amides is 1. The third-order valence-corrected chi connectivity index (χ3v) is 6.24. The minimum absolute atomic E-state index is 0.200. The molecule has 1 amide bonds. The number of rotatable bonds is 5. The summed E-state index contributed by atoms with van der Waals surface area (Å²) in [6.45, 7) is 1.87. The Labute approximate surface area is 143 Å². The molecule has 1 saturated heterocycles. The Hall–Kier alpha value is -1.54. The van der Waals surface area contributed by atoms with E-state index in [0.29, 0.717) is 10.9 Å². The lowest BCUT2D eigenvalue weighted by Crippen LogP contribution is -2.49. The Kier molecular flexibility index (Phi) is 4.04. The molecular formula is C17H21N3O3S. The van der Waals surface area contributed by atoms with Gasteiger partial charge in [0.15, 0.2) is 6.10 Å². The normalized spacial score (nSPS) is 24.7. The van der Waals surface area contributed by atoms with Crippen LogP contribution in [0.15, 0.2) is 24.3 Å². The number of aromatic nitrogens is 1. The van der Waals surface area contributed by atoms with Crippen LogP contribution in [0.1, 0.15) is 30.4 Å². The zero-order valence-electron chi connectivity index (χ0n) is 13.2. The van der Waals surface area contributed by atoms with E-state index in [9.17, 15) is 15.0 Å². The maximum absolute atomic E-state index is 12.4. The molecule has 1 aliphatic heterocycles. The number of nitrogens with one attached hydrogen (secondary N) is 2. The van der Waals surface area contributed by atoms with E-state index in [2.05, 4.69) is 15.6 Å². The van der Waals surface area contributed by atoms with Crippen LogP contribution in [0.3, 0.4) is 0 Å². The van der Waals surface area contributed by atoms with E-state index in [1.165, 1.54) is 11.3 Å². The van der Waals surface area contributed by atoms with Crippen molar-refractivity contribution in [2.75, 3.05) is 13.1 Å². The van der Waals surface area contributed by atoms with Gasteiger partial charge >= 0.3 is 0 Å². The van der Waals surface area contributed by atoms with Gasteiger partial charge in [0, 0.05) is 12.1 Å². The third-order valence-electron chi connectivity index (χ3n) is 5.13. The summed E-state index contributed by atoms with van der Waals surface area (Å²) in [5.74, 6) is -0.0978. The number of carbonyl (C=O) groups excluding carboxylic acids is 1. The summed E-state index contributed by atoms with van der Waals surface area (Å²) in [6.07, 6.45) is 0.109. The van der Waals surface area contributed by atoms with Crippen molar-refractivity contribution in [1.29, 1.82) is 0 Å². The number of hydrogen-bond acceptors (Lipinski definition) is 6. The van der Waals surface area contributed by atoms with Gasteiger partial charge in [-0.1, -0.05) is 12.1 Å². The van der Waals surface area contributed by atoms with Crippen molar-refractivity contribution >= 4 is 27.5 Å². The van der Waals surface area contributed by atoms with Gasteiger partial charge in [-0.15, -0.1) is 11.3 Å². The van der Waals surface area contributed by atoms with Crippen LogP contribution in [0.2, 0.25) is 0 Å². The zero-order valence-corrected chi connectivity index (χ0v) is 14.1. The molecule has 128 valence electrons. The summed E-state index contributed by atoms with van der Waals surface area (Å²) in [6, 6.07) is 7.52. The fourth-order valence-electron chi connectivity index (χ4n) is 3.51. The minimum atomic E-state index is -1.50. The Morgan fingerprint density at radius 3 is 2.83 bits per heavy atom. The van der Waals surface area contributed by atoms with Crippen LogP contribution in [0, 0.1) is 5.92 Å². The van der Waals surface area contributed by atoms with Gasteiger partial charge in [0.05, 0.1) is 10.2 Å².